The van der Waals surface area contributed by atoms with E-state index in [1.165, 1.54) is 6.33 Å². The summed E-state index contributed by atoms with van der Waals surface area (Å²) < 4.78 is 11.6. The largest absolute Gasteiger partial charge is 0.463 e. The van der Waals surface area contributed by atoms with Crippen LogP contribution in [0.15, 0.2) is 65.8 Å². The summed E-state index contributed by atoms with van der Waals surface area (Å²) in [6.07, 6.45) is 6.63. The summed E-state index contributed by atoms with van der Waals surface area (Å²) in [5.41, 5.74) is 3.26. The summed E-state index contributed by atoms with van der Waals surface area (Å²) in [6.45, 7) is 1.92. The van der Waals surface area contributed by atoms with Crippen LogP contribution in [0.25, 0.3) is 22.1 Å². The molecule has 0 N–H and O–H groups in total. The van der Waals surface area contributed by atoms with E-state index in [0.29, 0.717) is 5.88 Å². The van der Waals surface area contributed by atoms with E-state index in [4.69, 9.17) is 9.15 Å². The van der Waals surface area contributed by atoms with Gasteiger partial charge in [0.15, 0.2) is 0 Å². The zero-order valence-electron chi connectivity index (χ0n) is 12.4. The highest BCUT2D eigenvalue weighted by molar-refractivity contribution is 5.96. The van der Waals surface area contributed by atoms with E-state index in [1.54, 1.807) is 18.7 Å². The minimum absolute atomic E-state index is 0.526. The van der Waals surface area contributed by atoms with Gasteiger partial charge in [0.2, 0.25) is 5.88 Å². The van der Waals surface area contributed by atoms with Gasteiger partial charge in [-0.3, -0.25) is 0 Å². The molecule has 0 bridgehead atoms. The number of aryl methyl sites for hydroxylation is 1. The van der Waals surface area contributed by atoms with Crippen molar-refractivity contribution in [1.82, 2.24) is 15.0 Å². The standard InChI is InChI=1S/C18H13N3O2/c1-12-16(13-9-19-11-20-10-13)17-15(7-8-22-17)18(21-12)23-14-5-3-2-4-6-14/h2-11H,1H3. The molecule has 0 spiro atoms. The number of furan rings is 1. The molecule has 0 aliphatic heterocycles. The van der Waals surface area contributed by atoms with E-state index in [1.807, 2.05) is 43.3 Å². The average molecular weight is 303 g/mol. The van der Waals surface area contributed by atoms with Gasteiger partial charge in [0.25, 0.3) is 0 Å². The molecule has 0 unspecified atom stereocenters. The Morgan fingerprint density at radius 3 is 2.57 bits per heavy atom. The number of aromatic nitrogens is 3. The second kappa shape index (κ2) is 5.53. The average Bonchev–Trinajstić information content (AvgIpc) is 3.06. The van der Waals surface area contributed by atoms with Crippen LogP contribution < -0.4 is 4.74 Å². The van der Waals surface area contributed by atoms with E-state index in [9.17, 15) is 0 Å². The SMILES string of the molecule is Cc1nc(Oc2ccccc2)c2ccoc2c1-c1cncnc1. The van der Waals surface area contributed by atoms with Crippen LogP contribution in [0.4, 0.5) is 0 Å². The molecule has 23 heavy (non-hydrogen) atoms. The Morgan fingerprint density at radius 1 is 1.00 bits per heavy atom. The van der Waals surface area contributed by atoms with Gasteiger partial charge in [-0.1, -0.05) is 18.2 Å². The summed E-state index contributed by atoms with van der Waals surface area (Å²) >= 11 is 0. The molecule has 3 heterocycles. The Morgan fingerprint density at radius 2 is 1.78 bits per heavy atom. The fraction of sp³-hybridized carbons (Fsp3) is 0.0556. The predicted octanol–water partition coefficient (Wildman–Crippen LogP) is 4.39. The van der Waals surface area contributed by atoms with Crippen LogP contribution in [0.1, 0.15) is 5.69 Å². The lowest BCUT2D eigenvalue weighted by Gasteiger charge is -2.10. The Bertz CT molecular complexity index is 950. The molecule has 0 aliphatic carbocycles. The number of rotatable bonds is 3. The Kier molecular flexibility index (Phi) is 3.24. The molecule has 4 aromatic rings. The van der Waals surface area contributed by atoms with Crippen molar-refractivity contribution in [2.75, 3.05) is 0 Å². The summed E-state index contributed by atoms with van der Waals surface area (Å²) in [5.74, 6) is 1.26. The molecule has 0 atom stereocenters. The van der Waals surface area contributed by atoms with Gasteiger partial charge in [-0.2, -0.15) is 0 Å². The van der Waals surface area contributed by atoms with Crippen LogP contribution in [-0.4, -0.2) is 15.0 Å². The van der Waals surface area contributed by atoms with Crippen molar-refractivity contribution in [3.63, 3.8) is 0 Å². The molecule has 3 aromatic heterocycles. The van der Waals surface area contributed by atoms with Gasteiger partial charge in [-0.15, -0.1) is 0 Å². The van der Waals surface area contributed by atoms with Crippen LogP contribution in [-0.2, 0) is 0 Å². The third-order valence-electron chi connectivity index (χ3n) is 3.56. The number of hydrogen-bond donors (Lipinski definition) is 0. The summed E-state index contributed by atoms with van der Waals surface area (Å²) in [4.78, 5) is 12.8. The number of fused-ring (bicyclic) bond motifs is 1. The highest BCUT2D eigenvalue weighted by Crippen LogP contribution is 2.37. The zero-order chi connectivity index (χ0) is 15.6. The second-order valence-electron chi connectivity index (χ2n) is 5.08. The van der Waals surface area contributed by atoms with E-state index in [-0.39, 0.29) is 0 Å². The van der Waals surface area contributed by atoms with Crippen LogP contribution in [0.5, 0.6) is 11.6 Å². The first kappa shape index (κ1) is 13.5. The molecular formula is C18H13N3O2. The lowest BCUT2D eigenvalue weighted by atomic mass is 10.1. The fourth-order valence-electron chi connectivity index (χ4n) is 2.55. The molecular weight excluding hydrogens is 290 g/mol. The van der Waals surface area contributed by atoms with Gasteiger partial charge in [-0.05, 0) is 25.1 Å². The Balaban J connectivity index is 1.88. The van der Waals surface area contributed by atoms with Crippen molar-refractivity contribution in [3.05, 3.63) is 67.1 Å². The molecule has 0 fully saturated rings. The molecule has 5 heteroatoms. The molecule has 0 radical (unpaired) electrons. The molecule has 0 saturated carbocycles. The fourth-order valence-corrected chi connectivity index (χ4v) is 2.55. The molecule has 112 valence electrons. The maximum atomic E-state index is 5.92. The van der Waals surface area contributed by atoms with Crippen molar-refractivity contribution in [2.24, 2.45) is 0 Å². The van der Waals surface area contributed by atoms with Crippen molar-refractivity contribution < 1.29 is 9.15 Å². The highest BCUT2D eigenvalue weighted by Gasteiger charge is 2.17. The number of para-hydroxylation sites is 1. The Labute approximate surface area is 132 Å². The number of pyridine rings is 1. The first-order chi connectivity index (χ1) is 11.3. The van der Waals surface area contributed by atoms with Crippen LogP contribution >= 0.6 is 0 Å². The smallest absolute Gasteiger partial charge is 0.230 e. The molecule has 0 amide bonds. The predicted molar refractivity (Wildman–Crippen MR) is 86.3 cm³/mol. The normalized spacial score (nSPS) is 10.8. The van der Waals surface area contributed by atoms with Gasteiger partial charge in [-0.25, -0.2) is 15.0 Å². The first-order valence-electron chi connectivity index (χ1n) is 7.19. The van der Waals surface area contributed by atoms with Crippen LogP contribution in [0, 0.1) is 6.92 Å². The second-order valence-corrected chi connectivity index (χ2v) is 5.08. The van der Waals surface area contributed by atoms with E-state index >= 15 is 0 Å². The number of ether oxygens (including phenoxy) is 1. The number of benzene rings is 1. The molecule has 0 aliphatic rings. The van der Waals surface area contributed by atoms with Crippen LogP contribution in [0.3, 0.4) is 0 Å². The van der Waals surface area contributed by atoms with Crippen molar-refractivity contribution in [3.8, 4) is 22.8 Å². The van der Waals surface area contributed by atoms with E-state index < -0.39 is 0 Å². The third kappa shape index (κ3) is 2.42. The lowest BCUT2D eigenvalue weighted by molar-refractivity contribution is 0.467. The van der Waals surface area contributed by atoms with E-state index in [2.05, 4.69) is 15.0 Å². The third-order valence-corrected chi connectivity index (χ3v) is 3.56. The topological polar surface area (TPSA) is 61.0 Å². The van der Waals surface area contributed by atoms with Crippen molar-refractivity contribution in [1.29, 1.82) is 0 Å². The van der Waals surface area contributed by atoms with Gasteiger partial charge in [0, 0.05) is 23.5 Å². The summed E-state index contributed by atoms with van der Waals surface area (Å²) in [7, 11) is 0. The summed E-state index contributed by atoms with van der Waals surface area (Å²) in [6, 6.07) is 11.4. The molecule has 0 saturated heterocycles. The molecule has 5 nitrogen and oxygen atoms in total. The highest BCUT2D eigenvalue weighted by atomic mass is 16.5. The maximum Gasteiger partial charge on any atom is 0.230 e. The monoisotopic (exact) mass is 303 g/mol. The Hall–Kier alpha value is -3.21. The first-order valence-corrected chi connectivity index (χ1v) is 7.19. The minimum atomic E-state index is 0.526. The van der Waals surface area contributed by atoms with Crippen molar-refractivity contribution in [2.45, 2.75) is 6.92 Å². The minimum Gasteiger partial charge on any atom is -0.463 e. The van der Waals surface area contributed by atoms with Crippen LogP contribution in [0.2, 0.25) is 0 Å². The van der Waals surface area contributed by atoms with Gasteiger partial charge in [0.05, 0.1) is 17.3 Å². The quantitative estimate of drug-likeness (QED) is 0.562. The van der Waals surface area contributed by atoms with Crippen molar-refractivity contribution >= 4 is 11.0 Å². The van der Waals surface area contributed by atoms with Gasteiger partial charge < -0.3 is 9.15 Å². The van der Waals surface area contributed by atoms with Gasteiger partial charge >= 0.3 is 0 Å². The zero-order valence-corrected chi connectivity index (χ0v) is 12.4. The van der Waals surface area contributed by atoms with E-state index in [0.717, 1.165) is 33.5 Å². The number of nitrogens with zero attached hydrogens (tertiary/aromatic N) is 3. The number of hydrogen-bond acceptors (Lipinski definition) is 5. The maximum absolute atomic E-state index is 5.92. The summed E-state index contributed by atoms with van der Waals surface area (Å²) in [5, 5.41) is 0.818. The van der Waals surface area contributed by atoms with Gasteiger partial charge in [0.1, 0.15) is 17.7 Å². The lowest BCUT2D eigenvalue weighted by Crippen LogP contribution is -1.95. The molecule has 1 aromatic carbocycles. The molecule has 4 rings (SSSR count).